The van der Waals surface area contributed by atoms with Gasteiger partial charge in [0.05, 0.1) is 0 Å². The van der Waals surface area contributed by atoms with Crippen molar-refractivity contribution in [3.05, 3.63) is 12.7 Å². The van der Waals surface area contributed by atoms with Gasteiger partial charge in [-0.1, -0.05) is 34.6 Å². The molecule has 0 aromatic rings. The van der Waals surface area contributed by atoms with Crippen molar-refractivity contribution in [2.45, 2.75) is 13.3 Å². The van der Waals surface area contributed by atoms with Crippen LogP contribution in [0.5, 0.6) is 0 Å². The molecule has 0 aromatic carbocycles. The fourth-order valence-electron chi connectivity index (χ4n) is 0.233. The Bertz CT molecular complexity index is 74.1. The molecule has 0 heterocycles. The maximum atomic E-state index is 3.64. The van der Waals surface area contributed by atoms with E-state index in [1.807, 2.05) is 47.3 Å². The molecular formula is C6H12S4. The highest BCUT2D eigenvalue weighted by atomic mass is 33.7. The highest BCUT2D eigenvalue weighted by Crippen LogP contribution is 2.42. The summed E-state index contributed by atoms with van der Waals surface area (Å²) < 4.78 is 0. The third-order valence-corrected chi connectivity index (χ3v) is 7.18. The van der Waals surface area contributed by atoms with Crippen molar-refractivity contribution in [2.24, 2.45) is 0 Å². The van der Waals surface area contributed by atoms with Crippen LogP contribution in [0.4, 0.5) is 0 Å². The molecule has 60 valence electrons. The molecule has 0 aliphatic carbocycles. The van der Waals surface area contributed by atoms with E-state index in [9.17, 15) is 0 Å². The molecule has 0 N–H and O–H groups in total. The predicted octanol–water partition coefficient (Wildman–Crippen LogP) is 4.26. The van der Waals surface area contributed by atoms with E-state index in [1.54, 1.807) is 0 Å². The molecule has 0 amide bonds. The maximum Gasteiger partial charge on any atom is 0.0223 e. The lowest BCUT2D eigenvalue weighted by Gasteiger charge is -1.94. The van der Waals surface area contributed by atoms with Crippen LogP contribution in [0.3, 0.4) is 0 Å². The normalized spacial score (nSPS) is 9.70. The Morgan fingerprint density at radius 2 is 2.00 bits per heavy atom. The van der Waals surface area contributed by atoms with Crippen LogP contribution in [0.2, 0.25) is 0 Å². The van der Waals surface area contributed by atoms with Crippen LogP contribution in [-0.4, -0.2) is 11.5 Å². The largest absolute Gasteiger partial charge is 0.102 e. The summed E-state index contributed by atoms with van der Waals surface area (Å²) >= 11 is 0. The van der Waals surface area contributed by atoms with Gasteiger partial charge in [-0.2, -0.15) is 0 Å². The van der Waals surface area contributed by atoms with Crippen LogP contribution < -0.4 is 0 Å². The van der Waals surface area contributed by atoms with Gasteiger partial charge in [-0.15, -0.1) is 6.58 Å². The third kappa shape index (κ3) is 9.14. The standard InChI is InChI=1S/C6H12S4/c1-3-5-7-9-10-8-6-4-2/h3H,1,4-6H2,2H3. The summed E-state index contributed by atoms with van der Waals surface area (Å²) in [6, 6.07) is 0. The summed E-state index contributed by atoms with van der Waals surface area (Å²) in [7, 11) is 7.48. The molecule has 0 rings (SSSR count). The quantitative estimate of drug-likeness (QED) is 0.351. The summed E-state index contributed by atoms with van der Waals surface area (Å²) in [5, 5.41) is 0. The molecule has 0 saturated carbocycles. The van der Waals surface area contributed by atoms with E-state index in [2.05, 4.69) is 13.5 Å². The van der Waals surface area contributed by atoms with E-state index in [4.69, 9.17) is 0 Å². The van der Waals surface area contributed by atoms with Crippen molar-refractivity contribution in [2.75, 3.05) is 11.5 Å². The van der Waals surface area contributed by atoms with Crippen molar-refractivity contribution in [3.8, 4) is 0 Å². The van der Waals surface area contributed by atoms with E-state index in [0.29, 0.717) is 0 Å². The second kappa shape index (κ2) is 10.1. The fourth-order valence-corrected chi connectivity index (χ4v) is 6.03. The van der Waals surface area contributed by atoms with E-state index in [0.717, 1.165) is 5.75 Å². The lowest BCUT2D eigenvalue weighted by atomic mass is 10.6. The lowest BCUT2D eigenvalue weighted by Crippen LogP contribution is -1.64. The average molecular weight is 212 g/mol. The second-order valence-electron chi connectivity index (χ2n) is 1.53. The zero-order chi connectivity index (χ0) is 7.66. The molecule has 4 heteroatoms. The van der Waals surface area contributed by atoms with Crippen LogP contribution >= 0.6 is 41.2 Å². The predicted molar refractivity (Wildman–Crippen MR) is 60.6 cm³/mol. The van der Waals surface area contributed by atoms with Crippen LogP contribution in [0.25, 0.3) is 0 Å². The molecule has 0 saturated heterocycles. The minimum atomic E-state index is 1.05. The molecule has 0 aliphatic heterocycles. The molecule has 0 atom stereocenters. The van der Waals surface area contributed by atoms with Crippen molar-refractivity contribution in [1.29, 1.82) is 0 Å². The van der Waals surface area contributed by atoms with E-state index in [-0.39, 0.29) is 0 Å². The Morgan fingerprint density at radius 3 is 2.60 bits per heavy atom. The molecule has 0 fully saturated rings. The number of hydrogen-bond donors (Lipinski definition) is 0. The first-order chi connectivity index (χ1) is 4.91. The molecule has 0 bridgehead atoms. The maximum absolute atomic E-state index is 3.64. The van der Waals surface area contributed by atoms with Gasteiger partial charge in [0, 0.05) is 11.5 Å². The number of rotatable bonds is 7. The van der Waals surface area contributed by atoms with Gasteiger partial charge in [-0.05, 0) is 26.1 Å². The molecule has 0 aliphatic rings. The Labute approximate surface area is 78.6 Å². The van der Waals surface area contributed by atoms with Gasteiger partial charge in [0.15, 0.2) is 0 Å². The molecule has 0 nitrogen and oxygen atoms in total. The zero-order valence-corrected chi connectivity index (χ0v) is 9.30. The monoisotopic (exact) mass is 212 g/mol. The minimum Gasteiger partial charge on any atom is -0.102 e. The van der Waals surface area contributed by atoms with Crippen LogP contribution in [-0.2, 0) is 0 Å². The van der Waals surface area contributed by atoms with Gasteiger partial charge < -0.3 is 0 Å². The molecule has 0 aromatic heterocycles. The Morgan fingerprint density at radius 1 is 1.30 bits per heavy atom. The SMILES string of the molecule is C=CCSSSSCCC. The minimum absolute atomic E-state index is 1.05. The summed E-state index contributed by atoms with van der Waals surface area (Å²) in [6.45, 7) is 5.85. The molecular weight excluding hydrogens is 200 g/mol. The topological polar surface area (TPSA) is 0 Å². The number of hydrogen-bond acceptors (Lipinski definition) is 4. The van der Waals surface area contributed by atoms with Crippen molar-refractivity contribution in [3.63, 3.8) is 0 Å². The molecule has 0 spiro atoms. The van der Waals surface area contributed by atoms with Gasteiger partial charge in [-0.25, -0.2) is 0 Å². The molecule has 0 unspecified atom stereocenters. The molecule has 10 heavy (non-hydrogen) atoms. The Kier molecular flexibility index (Phi) is 11.3. The lowest BCUT2D eigenvalue weighted by molar-refractivity contribution is 1.11. The summed E-state index contributed by atoms with van der Waals surface area (Å²) in [6.07, 6.45) is 3.20. The van der Waals surface area contributed by atoms with Gasteiger partial charge in [0.2, 0.25) is 0 Å². The highest BCUT2D eigenvalue weighted by Gasteiger charge is 1.88. The van der Waals surface area contributed by atoms with Crippen molar-refractivity contribution < 1.29 is 0 Å². The summed E-state index contributed by atoms with van der Waals surface area (Å²) in [5.74, 6) is 2.30. The van der Waals surface area contributed by atoms with Crippen LogP contribution in [0.1, 0.15) is 13.3 Å². The fraction of sp³-hybridized carbons (Fsp3) is 0.667. The van der Waals surface area contributed by atoms with Crippen molar-refractivity contribution >= 4 is 41.2 Å². The summed E-state index contributed by atoms with van der Waals surface area (Å²) in [5.41, 5.74) is 0. The second-order valence-corrected chi connectivity index (χ2v) is 7.70. The average Bonchev–Trinajstić information content (AvgIpc) is 1.97. The van der Waals surface area contributed by atoms with Gasteiger partial charge in [-0.3, -0.25) is 0 Å². The van der Waals surface area contributed by atoms with Crippen LogP contribution in [0, 0.1) is 0 Å². The van der Waals surface area contributed by atoms with E-state index in [1.165, 1.54) is 12.2 Å². The third-order valence-electron chi connectivity index (χ3n) is 0.597. The highest BCUT2D eigenvalue weighted by molar-refractivity contribution is 9.26. The van der Waals surface area contributed by atoms with Gasteiger partial charge in [0.1, 0.15) is 0 Å². The van der Waals surface area contributed by atoms with Gasteiger partial charge >= 0.3 is 0 Å². The van der Waals surface area contributed by atoms with Crippen LogP contribution in [0.15, 0.2) is 12.7 Å². The first-order valence-corrected chi connectivity index (χ1v) is 8.26. The first kappa shape index (κ1) is 11.1. The smallest absolute Gasteiger partial charge is 0.0223 e. The Hall–Kier alpha value is 1.14. The van der Waals surface area contributed by atoms with Gasteiger partial charge in [0.25, 0.3) is 0 Å². The summed E-state index contributed by atoms with van der Waals surface area (Å²) in [4.78, 5) is 0. The van der Waals surface area contributed by atoms with Crippen molar-refractivity contribution in [1.82, 2.24) is 0 Å². The first-order valence-electron chi connectivity index (χ1n) is 3.10. The Balaban J connectivity index is 2.70. The zero-order valence-electron chi connectivity index (χ0n) is 6.04. The molecule has 0 radical (unpaired) electrons. The van der Waals surface area contributed by atoms with E-state index >= 15 is 0 Å². The van der Waals surface area contributed by atoms with E-state index < -0.39 is 0 Å².